The standard InChI is InChI=1S/C18H16ClN3O2S/c1-11-6-7-12(2)15(8-11)20-16(23)10-25-18-22-21-17(24-18)13-4-3-5-14(19)9-13/h3-9H,10H2,1-2H3,(H,20,23). The van der Waals surface area contributed by atoms with Crippen LogP contribution in [0.4, 0.5) is 5.69 Å². The molecule has 128 valence electrons. The van der Waals surface area contributed by atoms with Crippen LogP contribution < -0.4 is 5.32 Å². The van der Waals surface area contributed by atoms with E-state index in [-0.39, 0.29) is 11.7 Å². The highest BCUT2D eigenvalue weighted by Gasteiger charge is 2.12. The van der Waals surface area contributed by atoms with Crippen molar-refractivity contribution in [1.29, 1.82) is 0 Å². The summed E-state index contributed by atoms with van der Waals surface area (Å²) in [4.78, 5) is 12.1. The normalized spacial score (nSPS) is 10.7. The monoisotopic (exact) mass is 373 g/mol. The minimum Gasteiger partial charge on any atom is -0.411 e. The van der Waals surface area contributed by atoms with Gasteiger partial charge in [0.25, 0.3) is 5.22 Å². The molecule has 7 heteroatoms. The Morgan fingerprint density at radius 1 is 1.20 bits per heavy atom. The topological polar surface area (TPSA) is 68.0 Å². The van der Waals surface area contributed by atoms with Gasteiger partial charge in [-0.3, -0.25) is 4.79 Å². The molecule has 0 saturated heterocycles. The number of halogens is 1. The number of carbonyl (C=O) groups excluding carboxylic acids is 1. The maximum Gasteiger partial charge on any atom is 0.277 e. The molecular formula is C18H16ClN3O2S. The second-order valence-electron chi connectivity index (χ2n) is 5.54. The summed E-state index contributed by atoms with van der Waals surface area (Å²) in [5.41, 5.74) is 3.67. The lowest BCUT2D eigenvalue weighted by atomic mass is 10.1. The Balaban J connectivity index is 1.60. The van der Waals surface area contributed by atoms with E-state index in [0.717, 1.165) is 22.4 Å². The minimum absolute atomic E-state index is 0.124. The van der Waals surface area contributed by atoms with Gasteiger partial charge in [-0.1, -0.05) is 41.6 Å². The highest BCUT2D eigenvalue weighted by atomic mass is 35.5. The van der Waals surface area contributed by atoms with E-state index in [1.165, 1.54) is 11.8 Å². The lowest BCUT2D eigenvalue weighted by Gasteiger charge is -2.08. The third kappa shape index (κ3) is 4.61. The summed E-state index contributed by atoms with van der Waals surface area (Å²) in [5, 5.41) is 11.8. The first-order chi connectivity index (χ1) is 12.0. The van der Waals surface area contributed by atoms with Crippen molar-refractivity contribution in [1.82, 2.24) is 10.2 Å². The van der Waals surface area contributed by atoms with Crippen molar-refractivity contribution in [2.75, 3.05) is 11.1 Å². The van der Waals surface area contributed by atoms with Crippen LogP contribution in [0.1, 0.15) is 11.1 Å². The molecule has 3 aromatic rings. The average molecular weight is 374 g/mol. The van der Waals surface area contributed by atoms with E-state index in [4.69, 9.17) is 16.0 Å². The van der Waals surface area contributed by atoms with E-state index in [9.17, 15) is 4.79 Å². The van der Waals surface area contributed by atoms with E-state index in [0.29, 0.717) is 16.1 Å². The molecular weight excluding hydrogens is 358 g/mol. The predicted octanol–water partition coefficient (Wildman–Crippen LogP) is 4.74. The molecule has 0 bridgehead atoms. The van der Waals surface area contributed by atoms with Crippen molar-refractivity contribution in [3.63, 3.8) is 0 Å². The molecule has 2 aromatic carbocycles. The van der Waals surface area contributed by atoms with Crippen molar-refractivity contribution >= 4 is 35.0 Å². The number of aromatic nitrogens is 2. The fourth-order valence-corrected chi connectivity index (χ4v) is 2.94. The van der Waals surface area contributed by atoms with Crippen molar-refractivity contribution in [3.8, 4) is 11.5 Å². The van der Waals surface area contributed by atoms with Crippen LogP contribution in [0.15, 0.2) is 52.1 Å². The number of rotatable bonds is 5. The third-order valence-corrected chi connectivity index (χ3v) is 4.53. The number of anilines is 1. The molecule has 5 nitrogen and oxygen atoms in total. The highest BCUT2D eigenvalue weighted by molar-refractivity contribution is 7.99. The molecule has 0 saturated carbocycles. The van der Waals surface area contributed by atoms with Gasteiger partial charge < -0.3 is 9.73 Å². The Kier molecular flexibility index (Phi) is 5.40. The lowest BCUT2D eigenvalue weighted by molar-refractivity contribution is -0.113. The zero-order valence-electron chi connectivity index (χ0n) is 13.7. The van der Waals surface area contributed by atoms with Crippen LogP contribution in [0.25, 0.3) is 11.5 Å². The first-order valence-corrected chi connectivity index (χ1v) is 8.97. The van der Waals surface area contributed by atoms with Crippen LogP contribution >= 0.6 is 23.4 Å². The molecule has 0 radical (unpaired) electrons. The molecule has 0 unspecified atom stereocenters. The summed E-state index contributed by atoms with van der Waals surface area (Å²) in [6, 6.07) is 13.1. The quantitative estimate of drug-likeness (QED) is 0.654. The van der Waals surface area contributed by atoms with E-state index in [1.54, 1.807) is 12.1 Å². The fourth-order valence-electron chi connectivity index (χ4n) is 2.19. The van der Waals surface area contributed by atoms with Crippen molar-refractivity contribution in [2.24, 2.45) is 0 Å². The molecule has 1 aromatic heterocycles. The second kappa shape index (κ2) is 7.72. The van der Waals surface area contributed by atoms with Crippen LogP contribution in [0.3, 0.4) is 0 Å². The number of amides is 1. The van der Waals surface area contributed by atoms with E-state index >= 15 is 0 Å². The summed E-state index contributed by atoms with van der Waals surface area (Å²) in [5.74, 6) is 0.436. The first kappa shape index (κ1) is 17.5. The van der Waals surface area contributed by atoms with Crippen LogP contribution in [0, 0.1) is 13.8 Å². The fraction of sp³-hybridized carbons (Fsp3) is 0.167. The Morgan fingerprint density at radius 2 is 2.04 bits per heavy atom. The number of hydrogen-bond acceptors (Lipinski definition) is 5. The maximum absolute atomic E-state index is 12.1. The van der Waals surface area contributed by atoms with Crippen molar-refractivity contribution in [3.05, 3.63) is 58.6 Å². The van der Waals surface area contributed by atoms with E-state index in [2.05, 4.69) is 15.5 Å². The van der Waals surface area contributed by atoms with E-state index in [1.807, 2.05) is 44.2 Å². The molecule has 1 N–H and O–H groups in total. The average Bonchev–Trinajstić information content (AvgIpc) is 3.05. The summed E-state index contributed by atoms with van der Waals surface area (Å²) in [6.45, 7) is 3.94. The van der Waals surface area contributed by atoms with Crippen LogP contribution in [0.2, 0.25) is 5.02 Å². The van der Waals surface area contributed by atoms with Gasteiger partial charge in [0, 0.05) is 16.3 Å². The largest absolute Gasteiger partial charge is 0.411 e. The molecule has 0 spiro atoms. The lowest BCUT2D eigenvalue weighted by Crippen LogP contribution is -2.14. The van der Waals surface area contributed by atoms with Gasteiger partial charge in [-0.25, -0.2) is 0 Å². The van der Waals surface area contributed by atoms with Gasteiger partial charge in [0.15, 0.2) is 0 Å². The Morgan fingerprint density at radius 3 is 2.84 bits per heavy atom. The van der Waals surface area contributed by atoms with Gasteiger partial charge in [0.1, 0.15) is 0 Å². The first-order valence-electron chi connectivity index (χ1n) is 7.60. The SMILES string of the molecule is Cc1ccc(C)c(NC(=O)CSc2nnc(-c3cccc(Cl)c3)o2)c1. The number of carbonyl (C=O) groups is 1. The third-order valence-electron chi connectivity index (χ3n) is 3.47. The number of nitrogens with zero attached hydrogens (tertiary/aromatic N) is 2. The van der Waals surface area contributed by atoms with Gasteiger partial charge in [0.05, 0.1) is 5.75 Å². The molecule has 0 aliphatic carbocycles. The molecule has 25 heavy (non-hydrogen) atoms. The van der Waals surface area contributed by atoms with Crippen molar-refractivity contribution < 1.29 is 9.21 Å². The van der Waals surface area contributed by atoms with Gasteiger partial charge >= 0.3 is 0 Å². The summed E-state index contributed by atoms with van der Waals surface area (Å²) in [6.07, 6.45) is 0. The zero-order valence-corrected chi connectivity index (χ0v) is 15.3. The number of nitrogens with one attached hydrogen (secondary N) is 1. The number of benzene rings is 2. The predicted molar refractivity (Wildman–Crippen MR) is 100 cm³/mol. The van der Waals surface area contributed by atoms with E-state index < -0.39 is 0 Å². The van der Waals surface area contributed by atoms with Crippen LogP contribution in [0.5, 0.6) is 0 Å². The Labute approximate surface area is 154 Å². The van der Waals surface area contributed by atoms with Crippen LogP contribution in [-0.4, -0.2) is 21.9 Å². The Bertz CT molecular complexity index is 911. The minimum atomic E-state index is -0.124. The maximum atomic E-state index is 12.1. The van der Waals surface area contributed by atoms with Crippen molar-refractivity contribution in [2.45, 2.75) is 19.1 Å². The second-order valence-corrected chi connectivity index (χ2v) is 6.90. The van der Waals surface area contributed by atoms with Gasteiger partial charge in [0.2, 0.25) is 11.8 Å². The molecule has 0 aliphatic rings. The van der Waals surface area contributed by atoms with Gasteiger partial charge in [-0.2, -0.15) is 0 Å². The molecule has 3 rings (SSSR count). The number of aryl methyl sites for hydroxylation is 2. The smallest absolute Gasteiger partial charge is 0.277 e. The summed E-state index contributed by atoms with van der Waals surface area (Å²) in [7, 11) is 0. The highest BCUT2D eigenvalue weighted by Crippen LogP contribution is 2.25. The molecule has 1 heterocycles. The number of thioether (sulfide) groups is 1. The zero-order chi connectivity index (χ0) is 17.8. The summed E-state index contributed by atoms with van der Waals surface area (Å²) >= 11 is 7.15. The molecule has 0 aliphatic heterocycles. The van der Waals surface area contributed by atoms with Gasteiger partial charge in [-0.15, -0.1) is 10.2 Å². The molecule has 0 fully saturated rings. The van der Waals surface area contributed by atoms with Crippen LogP contribution in [-0.2, 0) is 4.79 Å². The Hall–Kier alpha value is -2.31. The summed E-state index contributed by atoms with van der Waals surface area (Å²) < 4.78 is 5.57. The molecule has 1 amide bonds. The van der Waals surface area contributed by atoms with Gasteiger partial charge in [-0.05, 0) is 49.2 Å². The number of hydrogen-bond donors (Lipinski definition) is 1. The molecule has 0 atom stereocenters.